The molecule has 3 heteroatoms. The summed E-state index contributed by atoms with van der Waals surface area (Å²) >= 11 is 0. The zero-order valence-electron chi connectivity index (χ0n) is 10.9. The van der Waals surface area contributed by atoms with E-state index in [0.29, 0.717) is 24.3 Å². The number of carbonyl (C=O) groups excluding carboxylic acids is 1. The van der Waals surface area contributed by atoms with Gasteiger partial charge in [0.15, 0.2) is 0 Å². The van der Waals surface area contributed by atoms with Gasteiger partial charge in [-0.1, -0.05) is 18.7 Å². The first-order valence-corrected chi connectivity index (χ1v) is 5.69. The Hall–Kier alpha value is -2.03. The molecule has 0 aliphatic carbocycles. The highest BCUT2D eigenvalue weighted by molar-refractivity contribution is 5.89. The van der Waals surface area contributed by atoms with Gasteiger partial charge in [-0.15, -0.1) is 0 Å². The Kier molecular flexibility index (Phi) is 5.18. The van der Waals surface area contributed by atoms with E-state index < -0.39 is 0 Å². The van der Waals surface area contributed by atoms with Gasteiger partial charge in [-0.05, 0) is 36.8 Å². The number of hydrogen-bond donors (Lipinski definition) is 0. The van der Waals surface area contributed by atoms with Gasteiger partial charge in [-0.3, -0.25) is 0 Å². The van der Waals surface area contributed by atoms with Crippen molar-refractivity contribution in [3.63, 3.8) is 0 Å². The number of carbonyl (C=O) groups is 1. The molecule has 3 nitrogen and oxygen atoms in total. The van der Waals surface area contributed by atoms with Crippen LogP contribution in [-0.2, 0) is 4.74 Å². The lowest BCUT2D eigenvalue weighted by molar-refractivity contribution is 0.0510. The van der Waals surface area contributed by atoms with Crippen molar-refractivity contribution < 1.29 is 14.3 Å². The number of rotatable bonds is 6. The fourth-order valence-corrected chi connectivity index (χ4v) is 1.29. The van der Waals surface area contributed by atoms with E-state index in [1.807, 2.05) is 6.92 Å². The van der Waals surface area contributed by atoms with Crippen molar-refractivity contribution in [2.45, 2.75) is 13.3 Å². The van der Waals surface area contributed by atoms with Crippen LogP contribution in [0.3, 0.4) is 0 Å². The molecule has 0 aliphatic heterocycles. The van der Waals surface area contributed by atoms with E-state index in [9.17, 15) is 4.79 Å². The number of hydrogen-bond acceptors (Lipinski definition) is 3. The van der Waals surface area contributed by atoms with Crippen LogP contribution >= 0.6 is 0 Å². The van der Waals surface area contributed by atoms with E-state index in [1.165, 1.54) is 0 Å². The van der Waals surface area contributed by atoms with Gasteiger partial charge in [0.25, 0.3) is 0 Å². The Bertz CT molecular complexity index is 443. The maximum absolute atomic E-state index is 11.7. The van der Waals surface area contributed by atoms with Gasteiger partial charge < -0.3 is 9.47 Å². The van der Waals surface area contributed by atoms with Gasteiger partial charge in [0, 0.05) is 6.42 Å². The lowest BCUT2D eigenvalue weighted by Gasteiger charge is -2.07. The third-order valence-electron chi connectivity index (χ3n) is 2.57. The van der Waals surface area contributed by atoms with Crippen LogP contribution in [0.5, 0.6) is 5.75 Å². The number of esters is 1. The average molecular weight is 246 g/mol. The van der Waals surface area contributed by atoms with Crippen LogP contribution in [0.15, 0.2) is 48.6 Å². The molecule has 0 saturated carbocycles. The molecule has 0 amide bonds. The van der Waals surface area contributed by atoms with Crippen molar-refractivity contribution in [3.05, 3.63) is 54.1 Å². The Morgan fingerprint density at radius 2 is 1.83 bits per heavy atom. The van der Waals surface area contributed by atoms with Crippen molar-refractivity contribution >= 4 is 5.97 Å². The Labute approximate surface area is 108 Å². The van der Waals surface area contributed by atoms with Gasteiger partial charge in [-0.2, -0.15) is 0 Å². The number of methoxy groups -OCH3 is 1. The molecule has 1 aromatic rings. The van der Waals surface area contributed by atoms with Crippen LogP contribution in [-0.4, -0.2) is 19.7 Å². The summed E-state index contributed by atoms with van der Waals surface area (Å²) in [6.07, 6.45) is 0.608. The molecule has 0 atom stereocenters. The van der Waals surface area contributed by atoms with Crippen LogP contribution < -0.4 is 4.74 Å². The largest absolute Gasteiger partial charge is 0.497 e. The highest BCUT2D eigenvalue weighted by Crippen LogP contribution is 2.13. The molecule has 0 aliphatic rings. The second kappa shape index (κ2) is 6.64. The predicted octanol–water partition coefficient (Wildman–Crippen LogP) is 3.37. The first-order valence-electron chi connectivity index (χ1n) is 5.69. The van der Waals surface area contributed by atoms with Crippen LogP contribution in [0.25, 0.3) is 0 Å². The molecule has 0 saturated heterocycles. The van der Waals surface area contributed by atoms with Crippen LogP contribution in [0.4, 0.5) is 0 Å². The van der Waals surface area contributed by atoms with Gasteiger partial charge in [0.1, 0.15) is 5.75 Å². The van der Waals surface area contributed by atoms with Crippen LogP contribution in [0.1, 0.15) is 23.7 Å². The molecule has 0 unspecified atom stereocenters. The standard InChI is InChI=1S/C15H18O3/c1-11(2)12(3)9-10-18-15(16)13-5-7-14(17-4)8-6-13/h5-8H,1,3,9-10H2,2,4H3. The third kappa shape index (κ3) is 4.09. The molecular formula is C15H18O3. The van der Waals surface area contributed by atoms with Crippen molar-refractivity contribution in [2.75, 3.05) is 13.7 Å². The molecule has 0 bridgehead atoms. The quantitative estimate of drug-likeness (QED) is 0.570. The monoisotopic (exact) mass is 246 g/mol. The highest BCUT2D eigenvalue weighted by Gasteiger charge is 2.07. The lowest BCUT2D eigenvalue weighted by atomic mass is 10.1. The van der Waals surface area contributed by atoms with Crippen LogP contribution in [0.2, 0.25) is 0 Å². The molecule has 0 aromatic heterocycles. The molecular weight excluding hydrogens is 228 g/mol. The summed E-state index contributed by atoms with van der Waals surface area (Å²) in [6.45, 7) is 9.81. The summed E-state index contributed by atoms with van der Waals surface area (Å²) in [5.41, 5.74) is 2.32. The number of ether oxygens (including phenoxy) is 2. The minimum Gasteiger partial charge on any atom is -0.497 e. The van der Waals surface area contributed by atoms with Crippen molar-refractivity contribution in [1.82, 2.24) is 0 Å². The normalized spacial score (nSPS) is 9.67. The summed E-state index contributed by atoms with van der Waals surface area (Å²) in [6, 6.07) is 6.80. The Morgan fingerprint density at radius 1 is 1.22 bits per heavy atom. The van der Waals surface area contributed by atoms with E-state index in [0.717, 1.165) is 11.1 Å². The summed E-state index contributed by atoms with van der Waals surface area (Å²) < 4.78 is 10.2. The average Bonchev–Trinajstić information content (AvgIpc) is 2.38. The summed E-state index contributed by atoms with van der Waals surface area (Å²) in [5, 5.41) is 0. The summed E-state index contributed by atoms with van der Waals surface area (Å²) in [5.74, 6) is 0.370. The summed E-state index contributed by atoms with van der Waals surface area (Å²) in [7, 11) is 1.58. The predicted molar refractivity (Wildman–Crippen MR) is 71.8 cm³/mol. The number of benzene rings is 1. The molecule has 96 valence electrons. The van der Waals surface area contributed by atoms with E-state index in [4.69, 9.17) is 9.47 Å². The molecule has 0 heterocycles. The minimum absolute atomic E-state index is 0.316. The topological polar surface area (TPSA) is 35.5 Å². The van der Waals surface area contributed by atoms with E-state index in [1.54, 1.807) is 31.4 Å². The molecule has 18 heavy (non-hydrogen) atoms. The maximum Gasteiger partial charge on any atom is 0.338 e. The Balaban J connectivity index is 2.45. The zero-order chi connectivity index (χ0) is 13.5. The van der Waals surface area contributed by atoms with E-state index in [2.05, 4.69) is 13.2 Å². The SMILES string of the molecule is C=C(C)C(=C)CCOC(=O)c1ccc(OC)cc1. The zero-order valence-corrected chi connectivity index (χ0v) is 10.9. The van der Waals surface area contributed by atoms with E-state index in [-0.39, 0.29) is 5.97 Å². The first-order chi connectivity index (χ1) is 8.54. The molecule has 0 spiro atoms. The molecule has 0 radical (unpaired) electrons. The van der Waals surface area contributed by atoms with Gasteiger partial charge >= 0.3 is 5.97 Å². The molecule has 1 rings (SSSR count). The number of allylic oxidation sites excluding steroid dienone is 1. The van der Waals surface area contributed by atoms with Gasteiger partial charge in [0.05, 0.1) is 19.3 Å². The highest BCUT2D eigenvalue weighted by atomic mass is 16.5. The summed E-state index contributed by atoms with van der Waals surface area (Å²) in [4.78, 5) is 11.7. The third-order valence-corrected chi connectivity index (χ3v) is 2.57. The second-order valence-electron chi connectivity index (χ2n) is 4.00. The van der Waals surface area contributed by atoms with Gasteiger partial charge in [-0.25, -0.2) is 4.79 Å². The Morgan fingerprint density at radius 3 is 2.33 bits per heavy atom. The maximum atomic E-state index is 11.7. The van der Waals surface area contributed by atoms with Crippen LogP contribution in [0, 0.1) is 0 Å². The second-order valence-corrected chi connectivity index (χ2v) is 4.00. The first kappa shape index (κ1) is 14.0. The van der Waals surface area contributed by atoms with Crippen molar-refractivity contribution in [2.24, 2.45) is 0 Å². The molecule has 1 aromatic carbocycles. The minimum atomic E-state index is -0.341. The molecule has 0 fully saturated rings. The fourth-order valence-electron chi connectivity index (χ4n) is 1.29. The lowest BCUT2D eigenvalue weighted by Crippen LogP contribution is -2.07. The smallest absolute Gasteiger partial charge is 0.338 e. The van der Waals surface area contributed by atoms with Crippen molar-refractivity contribution in [1.29, 1.82) is 0 Å². The van der Waals surface area contributed by atoms with Gasteiger partial charge in [0.2, 0.25) is 0 Å². The van der Waals surface area contributed by atoms with Crippen molar-refractivity contribution in [3.8, 4) is 5.75 Å². The fraction of sp³-hybridized carbons (Fsp3) is 0.267. The molecule has 0 N–H and O–H groups in total. The van der Waals surface area contributed by atoms with E-state index >= 15 is 0 Å².